The molecule has 1 aromatic heterocycles. The van der Waals surface area contributed by atoms with Crippen LogP contribution in [-0.4, -0.2) is 60.2 Å². The van der Waals surface area contributed by atoms with Crippen LogP contribution in [0, 0.1) is 5.92 Å². The highest BCUT2D eigenvalue weighted by Gasteiger charge is 2.27. The third-order valence-corrected chi connectivity index (χ3v) is 5.32. The van der Waals surface area contributed by atoms with E-state index in [9.17, 15) is 9.59 Å². The second kappa shape index (κ2) is 9.12. The maximum absolute atomic E-state index is 12.3. The summed E-state index contributed by atoms with van der Waals surface area (Å²) in [6.07, 6.45) is 6.67. The summed E-state index contributed by atoms with van der Waals surface area (Å²) in [6, 6.07) is 0. The van der Waals surface area contributed by atoms with Gasteiger partial charge in [-0.05, 0) is 25.7 Å². The lowest BCUT2D eigenvalue weighted by Gasteiger charge is -2.31. The number of rotatable bonds is 7. The van der Waals surface area contributed by atoms with Crippen molar-refractivity contribution in [3.05, 3.63) is 11.7 Å². The third kappa shape index (κ3) is 4.81. The van der Waals surface area contributed by atoms with Crippen LogP contribution in [-0.2, 0) is 20.7 Å². The number of ether oxygens (including phenoxy) is 1. The van der Waals surface area contributed by atoms with Gasteiger partial charge >= 0.3 is 0 Å². The zero-order valence-electron chi connectivity index (χ0n) is 15.4. The Morgan fingerprint density at radius 1 is 1.23 bits per heavy atom. The zero-order chi connectivity index (χ0) is 18.4. The number of hydrogen-bond acceptors (Lipinski definition) is 6. The molecule has 0 bridgehead atoms. The summed E-state index contributed by atoms with van der Waals surface area (Å²) in [4.78, 5) is 30.3. The Bertz CT molecular complexity index is 604. The molecule has 2 fully saturated rings. The van der Waals surface area contributed by atoms with Crippen molar-refractivity contribution >= 4 is 11.8 Å². The molecule has 144 valence electrons. The van der Waals surface area contributed by atoms with E-state index in [0.717, 1.165) is 18.7 Å². The van der Waals surface area contributed by atoms with Crippen LogP contribution in [0.15, 0.2) is 4.52 Å². The van der Waals surface area contributed by atoms with Gasteiger partial charge in [-0.1, -0.05) is 18.0 Å². The molecule has 0 aromatic carbocycles. The Hall–Kier alpha value is -1.96. The minimum atomic E-state index is -0.0408. The molecule has 0 unspecified atom stereocenters. The summed E-state index contributed by atoms with van der Waals surface area (Å²) >= 11 is 0. The monoisotopic (exact) mass is 364 g/mol. The number of carbonyl (C=O) groups is 2. The lowest BCUT2D eigenvalue weighted by molar-refractivity contribution is -0.138. The summed E-state index contributed by atoms with van der Waals surface area (Å²) in [6.45, 7) is 1.82. The molecule has 8 heteroatoms. The molecule has 1 aliphatic carbocycles. The molecular formula is C18H28N4O4. The second-order valence-electron chi connectivity index (χ2n) is 7.16. The highest BCUT2D eigenvalue weighted by atomic mass is 16.5. The highest BCUT2D eigenvalue weighted by Crippen LogP contribution is 2.32. The van der Waals surface area contributed by atoms with Crippen LogP contribution in [0.4, 0.5) is 0 Å². The zero-order valence-corrected chi connectivity index (χ0v) is 15.4. The lowest BCUT2D eigenvalue weighted by Crippen LogP contribution is -2.44. The first-order valence-corrected chi connectivity index (χ1v) is 9.54. The van der Waals surface area contributed by atoms with Gasteiger partial charge in [0.15, 0.2) is 5.82 Å². The Morgan fingerprint density at radius 2 is 1.96 bits per heavy atom. The van der Waals surface area contributed by atoms with Gasteiger partial charge in [-0.25, -0.2) is 0 Å². The number of nitrogens with zero attached hydrogens (tertiary/aromatic N) is 3. The second-order valence-corrected chi connectivity index (χ2v) is 7.16. The molecule has 2 aliphatic rings. The number of hydrogen-bond donors (Lipinski definition) is 1. The van der Waals surface area contributed by atoms with Gasteiger partial charge in [-0.3, -0.25) is 9.59 Å². The van der Waals surface area contributed by atoms with Crippen LogP contribution in [0.1, 0.15) is 56.2 Å². The molecule has 2 amide bonds. The molecule has 3 rings (SSSR count). The SMILES string of the molecule is COCC(=O)N1CCC(C(=O)NCCc2noc(C3CCCC3)n2)CC1. The van der Waals surface area contributed by atoms with Gasteiger partial charge < -0.3 is 19.5 Å². The van der Waals surface area contributed by atoms with Gasteiger partial charge in [0.25, 0.3) is 0 Å². The van der Waals surface area contributed by atoms with E-state index in [1.54, 1.807) is 4.90 Å². The predicted octanol–water partition coefficient (Wildman–Crippen LogP) is 1.27. The number of carbonyl (C=O) groups excluding carboxylic acids is 2. The number of likely N-dealkylation sites (tertiary alicyclic amines) is 1. The summed E-state index contributed by atoms with van der Waals surface area (Å²) < 4.78 is 10.2. The summed E-state index contributed by atoms with van der Waals surface area (Å²) in [5.74, 6) is 1.81. The lowest BCUT2D eigenvalue weighted by atomic mass is 9.96. The molecule has 0 radical (unpaired) electrons. The number of amides is 2. The van der Waals surface area contributed by atoms with E-state index < -0.39 is 0 Å². The normalized spacial score (nSPS) is 19.0. The van der Waals surface area contributed by atoms with E-state index in [4.69, 9.17) is 9.26 Å². The van der Waals surface area contributed by atoms with Crippen molar-refractivity contribution in [3.63, 3.8) is 0 Å². The minimum Gasteiger partial charge on any atom is -0.375 e. The largest absolute Gasteiger partial charge is 0.375 e. The molecule has 8 nitrogen and oxygen atoms in total. The molecule has 0 atom stereocenters. The van der Waals surface area contributed by atoms with Crippen molar-refractivity contribution in [1.29, 1.82) is 0 Å². The molecule has 1 saturated carbocycles. The van der Waals surface area contributed by atoms with Crippen LogP contribution in [0.2, 0.25) is 0 Å². The molecule has 1 aromatic rings. The molecule has 0 spiro atoms. The van der Waals surface area contributed by atoms with E-state index in [0.29, 0.717) is 50.6 Å². The van der Waals surface area contributed by atoms with Gasteiger partial charge in [0.05, 0.1) is 0 Å². The van der Waals surface area contributed by atoms with Crippen molar-refractivity contribution in [2.75, 3.05) is 33.4 Å². The Labute approximate surface area is 153 Å². The van der Waals surface area contributed by atoms with Gasteiger partial charge in [0, 0.05) is 45.0 Å². The Kier molecular flexibility index (Phi) is 6.60. The van der Waals surface area contributed by atoms with Crippen LogP contribution in [0.5, 0.6) is 0 Å². The van der Waals surface area contributed by atoms with E-state index in [-0.39, 0.29) is 24.3 Å². The van der Waals surface area contributed by atoms with Crippen molar-refractivity contribution < 1.29 is 18.8 Å². The van der Waals surface area contributed by atoms with Gasteiger partial charge in [0.2, 0.25) is 17.7 Å². The van der Waals surface area contributed by atoms with Crippen molar-refractivity contribution in [2.24, 2.45) is 5.92 Å². The van der Waals surface area contributed by atoms with E-state index in [1.807, 2.05) is 0 Å². The van der Waals surface area contributed by atoms with E-state index >= 15 is 0 Å². The minimum absolute atomic E-state index is 0.0125. The Morgan fingerprint density at radius 3 is 2.65 bits per heavy atom. The molecule has 1 aliphatic heterocycles. The van der Waals surface area contributed by atoms with Crippen LogP contribution in [0.25, 0.3) is 0 Å². The van der Waals surface area contributed by atoms with Crippen molar-refractivity contribution in [2.45, 2.75) is 50.9 Å². The van der Waals surface area contributed by atoms with Gasteiger partial charge in [-0.15, -0.1) is 0 Å². The summed E-state index contributed by atoms with van der Waals surface area (Å²) in [5, 5.41) is 6.98. The standard InChI is InChI=1S/C18H28N4O4/c1-25-12-16(23)22-10-7-13(8-11-22)17(24)19-9-6-15-20-18(26-21-15)14-4-2-3-5-14/h13-14H,2-12H2,1H3,(H,19,24). The van der Waals surface area contributed by atoms with Crippen molar-refractivity contribution in [1.82, 2.24) is 20.4 Å². The Balaban J connectivity index is 1.36. The third-order valence-electron chi connectivity index (χ3n) is 5.32. The maximum Gasteiger partial charge on any atom is 0.248 e. The number of aromatic nitrogens is 2. The molecule has 26 heavy (non-hydrogen) atoms. The van der Waals surface area contributed by atoms with E-state index in [2.05, 4.69) is 15.5 Å². The first-order chi connectivity index (χ1) is 12.7. The average Bonchev–Trinajstić information content (AvgIpc) is 3.33. The highest BCUT2D eigenvalue weighted by molar-refractivity contribution is 5.80. The first kappa shape index (κ1) is 18.8. The first-order valence-electron chi connectivity index (χ1n) is 9.54. The van der Waals surface area contributed by atoms with Crippen LogP contribution in [0.3, 0.4) is 0 Å². The summed E-state index contributed by atoms with van der Waals surface area (Å²) in [5.41, 5.74) is 0. The number of nitrogens with one attached hydrogen (secondary N) is 1. The van der Waals surface area contributed by atoms with Gasteiger partial charge in [0.1, 0.15) is 6.61 Å². The fourth-order valence-corrected chi connectivity index (χ4v) is 3.76. The number of piperidine rings is 1. The fraction of sp³-hybridized carbons (Fsp3) is 0.778. The summed E-state index contributed by atoms with van der Waals surface area (Å²) in [7, 11) is 1.51. The predicted molar refractivity (Wildman–Crippen MR) is 93.4 cm³/mol. The maximum atomic E-state index is 12.3. The fourth-order valence-electron chi connectivity index (χ4n) is 3.76. The smallest absolute Gasteiger partial charge is 0.248 e. The average molecular weight is 364 g/mol. The molecule has 1 saturated heterocycles. The van der Waals surface area contributed by atoms with Crippen LogP contribution < -0.4 is 5.32 Å². The van der Waals surface area contributed by atoms with E-state index in [1.165, 1.54) is 20.0 Å². The molecule has 2 heterocycles. The topological polar surface area (TPSA) is 97.6 Å². The quantitative estimate of drug-likeness (QED) is 0.782. The van der Waals surface area contributed by atoms with Crippen molar-refractivity contribution in [3.8, 4) is 0 Å². The molecular weight excluding hydrogens is 336 g/mol. The van der Waals surface area contributed by atoms with Crippen LogP contribution >= 0.6 is 0 Å². The molecule has 1 N–H and O–H groups in total. The van der Waals surface area contributed by atoms with Gasteiger partial charge in [-0.2, -0.15) is 4.98 Å². The number of methoxy groups -OCH3 is 1.